The quantitative estimate of drug-likeness (QED) is 0.740. The van der Waals surface area contributed by atoms with Gasteiger partial charge in [-0.25, -0.2) is 9.78 Å². The third-order valence-electron chi connectivity index (χ3n) is 2.69. The van der Waals surface area contributed by atoms with Gasteiger partial charge in [0, 0.05) is 17.0 Å². The molecule has 1 heterocycles. The number of hydrogen-bond donors (Lipinski definition) is 2. The zero-order valence-electron chi connectivity index (χ0n) is 9.96. The maximum Gasteiger partial charge on any atom is 0.325 e. The fraction of sp³-hybridized carbons (Fsp3) is 0. The summed E-state index contributed by atoms with van der Waals surface area (Å²) in [5.74, 6) is 0. The number of benzene rings is 2. The molecule has 0 radical (unpaired) electrons. The minimum absolute atomic E-state index is 0.286. The van der Waals surface area contributed by atoms with Crippen LogP contribution in [-0.2, 0) is 0 Å². The molecule has 19 heavy (non-hydrogen) atoms. The highest BCUT2D eigenvalue weighted by Gasteiger charge is 2.06. The van der Waals surface area contributed by atoms with Crippen LogP contribution in [0.5, 0.6) is 0 Å². The number of rotatable bonds is 2. The average molecular weight is 269 g/mol. The third-order valence-corrected chi connectivity index (χ3v) is 3.38. The summed E-state index contributed by atoms with van der Waals surface area (Å²) in [6.45, 7) is 0. The molecule has 94 valence electrons. The van der Waals surface area contributed by atoms with Gasteiger partial charge in [0.2, 0.25) is 0 Å². The highest BCUT2D eigenvalue weighted by atomic mass is 32.1. The predicted molar refractivity (Wildman–Crippen MR) is 78.7 cm³/mol. The van der Waals surface area contributed by atoms with Gasteiger partial charge in [-0.15, -0.1) is 11.3 Å². The Labute approximate surface area is 114 Å². The number of thiazole rings is 1. The molecule has 0 atom stereocenters. The monoisotopic (exact) mass is 269 g/mol. The zero-order chi connectivity index (χ0) is 13.1. The van der Waals surface area contributed by atoms with E-state index in [0.717, 1.165) is 16.5 Å². The number of amides is 2. The van der Waals surface area contributed by atoms with Gasteiger partial charge < -0.3 is 5.32 Å². The Hall–Kier alpha value is -2.40. The van der Waals surface area contributed by atoms with E-state index in [0.29, 0.717) is 5.13 Å². The van der Waals surface area contributed by atoms with Gasteiger partial charge in [0.1, 0.15) is 0 Å². The van der Waals surface area contributed by atoms with Gasteiger partial charge in [-0.2, -0.15) is 0 Å². The molecule has 3 rings (SSSR count). The fourth-order valence-corrected chi connectivity index (χ4v) is 2.39. The van der Waals surface area contributed by atoms with Crippen LogP contribution < -0.4 is 10.6 Å². The molecule has 0 bridgehead atoms. The fourth-order valence-electron chi connectivity index (χ4n) is 1.87. The van der Waals surface area contributed by atoms with E-state index in [9.17, 15) is 4.79 Å². The SMILES string of the molecule is O=C(Nc1nccs1)Nc1cccc2ccccc12. The Morgan fingerprint density at radius 2 is 1.89 bits per heavy atom. The smallest absolute Gasteiger partial charge is 0.307 e. The van der Waals surface area contributed by atoms with Crippen LogP contribution in [0.15, 0.2) is 54.0 Å². The molecule has 0 aliphatic carbocycles. The van der Waals surface area contributed by atoms with Crippen LogP contribution >= 0.6 is 11.3 Å². The lowest BCUT2D eigenvalue weighted by molar-refractivity contribution is 0.262. The lowest BCUT2D eigenvalue weighted by Gasteiger charge is -2.08. The van der Waals surface area contributed by atoms with Crippen molar-refractivity contribution in [2.45, 2.75) is 0 Å². The molecule has 0 aliphatic heterocycles. The normalized spacial score (nSPS) is 10.3. The van der Waals surface area contributed by atoms with E-state index < -0.39 is 0 Å². The summed E-state index contributed by atoms with van der Waals surface area (Å²) in [4.78, 5) is 15.9. The molecule has 2 aromatic carbocycles. The van der Waals surface area contributed by atoms with Crippen molar-refractivity contribution in [1.82, 2.24) is 4.98 Å². The van der Waals surface area contributed by atoms with Crippen LogP contribution in [0.25, 0.3) is 10.8 Å². The molecule has 0 aliphatic rings. The first-order valence-corrected chi connectivity index (χ1v) is 6.66. The molecule has 2 amide bonds. The van der Waals surface area contributed by atoms with Gasteiger partial charge in [0.05, 0.1) is 5.69 Å². The number of nitrogens with zero attached hydrogens (tertiary/aromatic N) is 1. The molecule has 2 N–H and O–H groups in total. The summed E-state index contributed by atoms with van der Waals surface area (Å²) < 4.78 is 0. The standard InChI is InChI=1S/C14H11N3OS/c18-13(17-14-15-8-9-19-14)16-12-7-3-5-10-4-1-2-6-11(10)12/h1-9H,(H2,15,16,17,18). The molecule has 0 spiro atoms. The second kappa shape index (κ2) is 5.07. The topological polar surface area (TPSA) is 54.0 Å². The summed E-state index contributed by atoms with van der Waals surface area (Å²) in [5.41, 5.74) is 0.784. The summed E-state index contributed by atoms with van der Waals surface area (Å²) in [7, 11) is 0. The van der Waals surface area contributed by atoms with E-state index in [1.165, 1.54) is 11.3 Å². The Kier molecular flexibility index (Phi) is 3.12. The van der Waals surface area contributed by atoms with Gasteiger partial charge in [-0.3, -0.25) is 5.32 Å². The van der Waals surface area contributed by atoms with E-state index in [2.05, 4.69) is 15.6 Å². The third kappa shape index (κ3) is 2.56. The number of hydrogen-bond acceptors (Lipinski definition) is 3. The number of carbonyl (C=O) groups is 1. The molecule has 0 saturated heterocycles. The molecule has 3 aromatic rings. The maximum atomic E-state index is 11.9. The minimum Gasteiger partial charge on any atom is -0.307 e. The number of carbonyl (C=O) groups excluding carboxylic acids is 1. The number of anilines is 2. The second-order valence-corrected chi connectivity index (χ2v) is 4.84. The van der Waals surface area contributed by atoms with Gasteiger partial charge >= 0.3 is 6.03 Å². The van der Waals surface area contributed by atoms with Crippen LogP contribution in [-0.4, -0.2) is 11.0 Å². The van der Waals surface area contributed by atoms with E-state index in [1.807, 2.05) is 47.8 Å². The van der Waals surface area contributed by atoms with Crippen molar-refractivity contribution in [3.05, 3.63) is 54.0 Å². The Bertz CT molecular complexity index is 704. The number of urea groups is 1. The molecular formula is C14H11N3OS. The Morgan fingerprint density at radius 3 is 2.74 bits per heavy atom. The van der Waals surface area contributed by atoms with Gasteiger partial charge in [-0.05, 0) is 11.5 Å². The van der Waals surface area contributed by atoms with Gasteiger partial charge in [0.25, 0.3) is 0 Å². The number of fused-ring (bicyclic) bond motifs is 1. The van der Waals surface area contributed by atoms with Crippen LogP contribution in [0.3, 0.4) is 0 Å². The van der Waals surface area contributed by atoms with Crippen molar-refractivity contribution in [2.24, 2.45) is 0 Å². The molecule has 0 saturated carbocycles. The molecule has 0 unspecified atom stereocenters. The van der Waals surface area contributed by atoms with Crippen LogP contribution in [0.4, 0.5) is 15.6 Å². The van der Waals surface area contributed by atoms with E-state index in [-0.39, 0.29) is 6.03 Å². The van der Waals surface area contributed by atoms with Gasteiger partial charge in [0.15, 0.2) is 5.13 Å². The van der Waals surface area contributed by atoms with E-state index in [4.69, 9.17) is 0 Å². The van der Waals surface area contributed by atoms with Crippen LogP contribution in [0, 0.1) is 0 Å². The maximum absolute atomic E-state index is 11.9. The van der Waals surface area contributed by atoms with Crippen molar-refractivity contribution in [3.8, 4) is 0 Å². The van der Waals surface area contributed by atoms with Crippen LogP contribution in [0.1, 0.15) is 0 Å². The summed E-state index contributed by atoms with van der Waals surface area (Å²) in [6.07, 6.45) is 1.65. The molecule has 4 nitrogen and oxygen atoms in total. The molecular weight excluding hydrogens is 258 g/mol. The van der Waals surface area contributed by atoms with Crippen molar-refractivity contribution >= 4 is 39.0 Å². The van der Waals surface area contributed by atoms with Crippen molar-refractivity contribution < 1.29 is 4.79 Å². The first kappa shape index (κ1) is 11.7. The molecule has 1 aromatic heterocycles. The van der Waals surface area contributed by atoms with E-state index in [1.54, 1.807) is 6.20 Å². The number of nitrogens with one attached hydrogen (secondary N) is 2. The lowest BCUT2D eigenvalue weighted by atomic mass is 10.1. The minimum atomic E-state index is -0.286. The van der Waals surface area contributed by atoms with Crippen molar-refractivity contribution in [1.29, 1.82) is 0 Å². The lowest BCUT2D eigenvalue weighted by Crippen LogP contribution is -2.19. The predicted octanol–water partition coefficient (Wildman–Crippen LogP) is 3.94. The largest absolute Gasteiger partial charge is 0.325 e. The first-order valence-electron chi connectivity index (χ1n) is 5.78. The van der Waals surface area contributed by atoms with Crippen molar-refractivity contribution in [2.75, 3.05) is 10.6 Å². The summed E-state index contributed by atoms with van der Waals surface area (Å²) in [5, 5.41) is 10.0. The summed E-state index contributed by atoms with van der Waals surface area (Å²) in [6, 6.07) is 13.4. The highest BCUT2D eigenvalue weighted by molar-refractivity contribution is 7.13. The van der Waals surface area contributed by atoms with Crippen molar-refractivity contribution in [3.63, 3.8) is 0 Å². The average Bonchev–Trinajstić information content (AvgIpc) is 2.92. The first-order chi connectivity index (χ1) is 9.33. The van der Waals surface area contributed by atoms with Gasteiger partial charge in [-0.1, -0.05) is 36.4 Å². The Morgan fingerprint density at radius 1 is 1.05 bits per heavy atom. The Balaban J connectivity index is 1.83. The number of aromatic nitrogens is 1. The molecule has 5 heteroatoms. The molecule has 0 fully saturated rings. The highest BCUT2D eigenvalue weighted by Crippen LogP contribution is 2.23. The second-order valence-electron chi connectivity index (χ2n) is 3.94. The summed E-state index contributed by atoms with van der Waals surface area (Å²) >= 11 is 1.38. The zero-order valence-corrected chi connectivity index (χ0v) is 10.8. The van der Waals surface area contributed by atoms with E-state index >= 15 is 0 Å². The van der Waals surface area contributed by atoms with Crippen LogP contribution in [0.2, 0.25) is 0 Å².